The van der Waals surface area contributed by atoms with Gasteiger partial charge in [0.25, 0.3) is 0 Å². The summed E-state index contributed by atoms with van der Waals surface area (Å²) in [4.78, 5) is 17.2. The molecule has 1 aliphatic heterocycles. The van der Waals surface area contributed by atoms with Gasteiger partial charge in [-0.15, -0.1) is 0 Å². The van der Waals surface area contributed by atoms with Crippen molar-refractivity contribution in [3.63, 3.8) is 0 Å². The van der Waals surface area contributed by atoms with E-state index in [9.17, 15) is 4.79 Å². The quantitative estimate of drug-likeness (QED) is 0.706. The normalized spacial score (nSPS) is 18.0. The highest BCUT2D eigenvalue weighted by atomic mass is 16.2. The Morgan fingerprint density at radius 2 is 1.74 bits per heavy atom. The molecule has 1 heterocycles. The lowest BCUT2D eigenvalue weighted by Gasteiger charge is -2.30. The van der Waals surface area contributed by atoms with Crippen LogP contribution < -0.4 is 4.90 Å². The van der Waals surface area contributed by atoms with Crippen LogP contribution in [0.5, 0.6) is 0 Å². The minimum Gasteiger partial charge on any atom is -0.312 e. The van der Waals surface area contributed by atoms with E-state index in [1.807, 2.05) is 30.0 Å². The number of amides is 1. The molecule has 3 rings (SSSR count). The van der Waals surface area contributed by atoms with Crippen LogP contribution in [-0.4, -0.2) is 37.0 Å². The number of nitrogens with zero attached hydrogens (tertiary/aromatic N) is 2. The molecule has 3 heteroatoms. The zero-order valence-corrected chi connectivity index (χ0v) is 16.5. The first-order valence-corrected chi connectivity index (χ1v) is 10.4. The molecular formula is C24H32N2O. The summed E-state index contributed by atoms with van der Waals surface area (Å²) in [6, 6.07) is 20.9. The lowest BCUT2D eigenvalue weighted by Crippen LogP contribution is -2.39. The second-order valence-corrected chi connectivity index (χ2v) is 7.59. The number of rotatable bonds is 7. The summed E-state index contributed by atoms with van der Waals surface area (Å²) >= 11 is 0. The van der Waals surface area contributed by atoms with E-state index in [-0.39, 0.29) is 5.91 Å². The van der Waals surface area contributed by atoms with Gasteiger partial charge in [-0.3, -0.25) is 4.79 Å². The van der Waals surface area contributed by atoms with Gasteiger partial charge in [-0.1, -0.05) is 61.9 Å². The summed E-state index contributed by atoms with van der Waals surface area (Å²) < 4.78 is 0. The maximum absolute atomic E-state index is 12.6. The van der Waals surface area contributed by atoms with Gasteiger partial charge in [-0.25, -0.2) is 0 Å². The van der Waals surface area contributed by atoms with Crippen LogP contribution in [0.3, 0.4) is 0 Å². The van der Waals surface area contributed by atoms with Gasteiger partial charge >= 0.3 is 0 Å². The molecule has 2 aromatic rings. The summed E-state index contributed by atoms with van der Waals surface area (Å²) in [5.41, 5.74) is 2.44. The molecule has 1 atom stereocenters. The lowest BCUT2D eigenvalue weighted by molar-refractivity contribution is -0.118. The second-order valence-electron chi connectivity index (χ2n) is 7.59. The highest BCUT2D eigenvalue weighted by molar-refractivity contribution is 5.93. The Balaban J connectivity index is 1.62. The Morgan fingerprint density at radius 3 is 2.44 bits per heavy atom. The second kappa shape index (κ2) is 10.3. The van der Waals surface area contributed by atoms with Gasteiger partial charge in [0, 0.05) is 31.7 Å². The largest absolute Gasteiger partial charge is 0.312 e. The summed E-state index contributed by atoms with van der Waals surface area (Å²) in [7, 11) is 0. The van der Waals surface area contributed by atoms with Gasteiger partial charge in [0.1, 0.15) is 0 Å². The van der Waals surface area contributed by atoms with E-state index in [0.29, 0.717) is 12.3 Å². The molecule has 0 radical (unpaired) electrons. The summed E-state index contributed by atoms with van der Waals surface area (Å²) in [6.45, 7) is 6.16. The molecular weight excluding hydrogens is 332 g/mol. The molecule has 0 N–H and O–H groups in total. The molecule has 0 unspecified atom stereocenters. The van der Waals surface area contributed by atoms with Gasteiger partial charge in [-0.2, -0.15) is 0 Å². The van der Waals surface area contributed by atoms with Crippen LogP contribution in [0, 0.1) is 5.92 Å². The van der Waals surface area contributed by atoms with Crippen LogP contribution in [0.15, 0.2) is 60.7 Å². The first-order valence-electron chi connectivity index (χ1n) is 10.4. The van der Waals surface area contributed by atoms with Crippen molar-refractivity contribution >= 4 is 11.6 Å². The van der Waals surface area contributed by atoms with Crippen LogP contribution in [0.25, 0.3) is 0 Å². The molecule has 0 spiro atoms. The first kappa shape index (κ1) is 19.6. The number of hydrogen-bond donors (Lipinski definition) is 0. The van der Waals surface area contributed by atoms with Gasteiger partial charge in [0.05, 0.1) is 0 Å². The van der Waals surface area contributed by atoms with Crippen LogP contribution in [0.1, 0.15) is 38.2 Å². The van der Waals surface area contributed by atoms with Crippen molar-refractivity contribution in [1.82, 2.24) is 4.90 Å². The molecule has 2 aromatic carbocycles. The monoisotopic (exact) mass is 364 g/mol. The van der Waals surface area contributed by atoms with Crippen molar-refractivity contribution in [3.05, 3.63) is 66.2 Å². The molecule has 1 aliphatic rings. The number of likely N-dealkylation sites (tertiary alicyclic amines) is 1. The molecule has 1 fully saturated rings. The van der Waals surface area contributed by atoms with E-state index < -0.39 is 0 Å². The van der Waals surface area contributed by atoms with E-state index in [2.05, 4.69) is 47.4 Å². The number of hydrogen-bond acceptors (Lipinski definition) is 2. The van der Waals surface area contributed by atoms with Crippen LogP contribution in [0.4, 0.5) is 5.69 Å². The van der Waals surface area contributed by atoms with Gasteiger partial charge < -0.3 is 9.80 Å². The van der Waals surface area contributed by atoms with E-state index in [1.165, 1.54) is 31.4 Å². The Kier molecular flexibility index (Phi) is 7.46. The third-order valence-corrected chi connectivity index (χ3v) is 5.52. The van der Waals surface area contributed by atoms with E-state index in [1.54, 1.807) is 0 Å². The molecule has 1 amide bonds. The van der Waals surface area contributed by atoms with Crippen LogP contribution in [0.2, 0.25) is 0 Å². The Hall–Kier alpha value is -2.13. The van der Waals surface area contributed by atoms with E-state index in [4.69, 9.17) is 0 Å². The van der Waals surface area contributed by atoms with Gasteiger partial charge in [0.15, 0.2) is 0 Å². The van der Waals surface area contributed by atoms with Crippen molar-refractivity contribution < 1.29 is 4.79 Å². The average Bonchev–Trinajstić information content (AvgIpc) is 2.96. The third-order valence-electron chi connectivity index (χ3n) is 5.52. The fourth-order valence-corrected chi connectivity index (χ4v) is 4.01. The number of benzene rings is 2. The Morgan fingerprint density at radius 1 is 1.04 bits per heavy atom. The molecule has 0 aliphatic carbocycles. The Labute approximate surface area is 164 Å². The third kappa shape index (κ3) is 5.93. The van der Waals surface area contributed by atoms with Crippen molar-refractivity contribution in [3.8, 4) is 0 Å². The minimum atomic E-state index is 0.223. The molecule has 0 saturated carbocycles. The van der Waals surface area contributed by atoms with Crippen LogP contribution >= 0.6 is 0 Å². The molecule has 1 saturated heterocycles. The Bertz CT molecular complexity index is 686. The summed E-state index contributed by atoms with van der Waals surface area (Å²) in [5.74, 6) is 0.764. The van der Waals surface area contributed by atoms with Crippen molar-refractivity contribution in [2.45, 2.75) is 39.0 Å². The maximum Gasteiger partial charge on any atom is 0.226 e. The fraction of sp³-hybridized carbons (Fsp3) is 0.458. The minimum absolute atomic E-state index is 0.223. The van der Waals surface area contributed by atoms with Crippen LogP contribution in [-0.2, 0) is 11.2 Å². The predicted octanol–water partition coefficient (Wildman–Crippen LogP) is 4.77. The summed E-state index contributed by atoms with van der Waals surface area (Å²) in [5, 5.41) is 0. The highest BCUT2D eigenvalue weighted by Gasteiger charge is 2.23. The zero-order chi connectivity index (χ0) is 18.9. The highest BCUT2D eigenvalue weighted by Crippen LogP contribution is 2.22. The smallest absolute Gasteiger partial charge is 0.226 e. The van der Waals surface area contributed by atoms with Gasteiger partial charge in [-0.05, 0) is 49.4 Å². The van der Waals surface area contributed by atoms with E-state index in [0.717, 1.165) is 31.7 Å². The standard InChI is InChI=1S/C24H32N2O/c1-2-24(27)26(23-14-7-4-8-15-23)20-22-13-9-10-17-25(19-22)18-16-21-11-5-3-6-12-21/h3-8,11-12,14-15,22H,2,9-10,13,16-20H2,1H3/t22-/m1/s1. The van der Waals surface area contributed by atoms with Crippen molar-refractivity contribution in [1.29, 1.82) is 0 Å². The molecule has 0 aromatic heterocycles. The van der Waals surface area contributed by atoms with Crippen molar-refractivity contribution in [2.24, 2.45) is 5.92 Å². The predicted molar refractivity (Wildman–Crippen MR) is 113 cm³/mol. The number of carbonyl (C=O) groups is 1. The summed E-state index contributed by atoms with van der Waals surface area (Å²) in [6.07, 6.45) is 5.39. The van der Waals surface area contributed by atoms with Crippen molar-refractivity contribution in [2.75, 3.05) is 31.1 Å². The average molecular weight is 365 g/mol. The van der Waals surface area contributed by atoms with Gasteiger partial charge in [0.2, 0.25) is 5.91 Å². The topological polar surface area (TPSA) is 23.6 Å². The van der Waals surface area contributed by atoms with E-state index >= 15 is 0 Å². The molecule has 144 valence electrons. The molecule has 3 nitrogen and oxygen atoms in total. The SMILES string of the molecule is CCC(=O)N(C[C@@H]1CCCCN(CCc2ccccc2)C1)c1ccccc1. The number of anilines is 1. The lowest BCUT2D eigenvalue weighted by atomic mass is 10.0. The molecule has 27 heavy (non-hydrogen) atoms. The number of carbonyl (C=O) groups excluding carboxylic acids is 1. The molecule has 0 bridgehead atoms. The zero-order valence-electron chi connectivity index (χ0n) is 16.5. The fourth-order valence-electron chi connectivity index (χ4n) is 4.01. The first-order chi connectivity index (χ1) is 13.3. The maximum atomic E-state index is 12.6. The number of para-hydroxylation sites is 1.